The Morgan fingerprint density at radius 3 is 2.78 bits per heavy atom. The number of halogens is 3. The van der Waals surface area contributed by atoms with Crippen LogP contribution < -0.4 is 5.32 Å². The summed E-state index contributed by atoms with van der Waals surface area (Å²) in [7, 11) is 0. The summed E-state index contributed by atoms with van der Waals surface area (Å²) in [6.45, 7) is 0. The van der Waals surface area contributed by atoms with Gasteiger partial charge in [0.25, 0.3) is 5.91 Å². The molecule has 0 saturated carbocycles. The first kappa shape index (κ1) is 12.8. The van der Waals surface area contributed by atoms with Gasteiger partial charge in [-0.3, -0.25) is 9.78 Å². The molecule has 0 fully saturated rings. The van der Waals surface area contributed by atoms with Gasteiger partial charge in [0.2, 0.25) is 0 Å². The van der Waals surface area contributed by atoms with Crippen LogP contribution in [-0.4, -0.2) is 10.9 Å². The summed E-state index contributed by atoms with van der Waals surface area (Å²) in [6, 6.07) is 5.36. The quantitative estimate of drug-likeness (QED) is 0.912. The number of amides is 1. The van der Waals surface area contributed by atoms with Crippen molar-refractivity contribution in [2.45, 2.75) is 0 Å². The van der Waals surface area contributed by atoms with Crippen molar-refractivity contribution in [1.82, 2.24) is 4.98 Å². The van der Waals surface area contributed by atoms with Crippen molar-refractivity contribution in [2.75, 3.05) is 5.32 Å². The van der Waals surface area contributed by atoms with E-state index in [1.807, 2.05) is 0 Å². The normalized spacial score (nSPS) is 10.2. The highest BCUT2D eigenvalue weighted by molar-refractivity contribution is 6.34. The number of pyridine rings is 1. The Morgan fingerprint density at radius 2 is 2.06 bits per heavy atom. The largest absolute Gasteiger partial charge is 0.319 e. The fourth-order valence-corrected chi connectivity index (χ4v) is 1.69. The molecule has 3 nitrogen and oxygen atoms in total. The molecule has 0 saturated heterocycles. The molecule has 0 aliphatic rings. The van der Waals surface area contributed by atoms with Crippen LogP contribution in [0.5, 0.6) is 0 Å². The zero-order valence-corrected chi connectivity index (χ0v) is 10.5. The number of nitrogens with one attached hydrogen (secondary N) is 1. The van der Waals surface area contributed by atoms with Crippen molar-refractivity contribution < 1.29 is 9.18 Å². The van der Waals surface area contributed by atoms with E-state index in [9.17, 15) is 9.18 Å². The van der Waals surface area contributed by atoms with Gasteiger partial charge in [-0.15, -0.1) is 0 Å². The van der Waals surface area contributed by atoms with Crippen molar-refractivity contribution in [3.8, 4) is 0 Å². The molecule has 18 heavy (non-hydrogen) atoms. The molecule has 2 rings (SSSR count). The fraction of sp³-hybridized carbons (Fsp3) is 0. The zero-order chi connectivity index (χ0) is 13.1. The third-order valence-electron chi connectivity index (χ3n) is 2.19. The van der Waals surface area contributed by atoms with Crippen LogP contribution in [0.4, 0.5) is 10.1 Å². The van der Waals surface area contributed by atoms with Gasteiger partial charge in [0.1, 0.15) is 5.82 Å². The van der Waals surface area contributed by atoms with Crippen molar-refractivity contribution in [3.63, 3.8) is 0 Å². The van der Waals surface area contributed by atoms with Gasteiger partial charge in [-0.2, -0.15) is 0 Å². The lowest BCUT2D eigenvalue weighted by atomic mass is 10.2. The van der Waals surface area contributed by atoms with E-state index in [2.05, 4.69) is 10.3 Å². The van der Waals surface area contributed by atoms with Crippen molar-refractivity contribution in [3.05, 3.63) is 58.1 Å². The Hall–Kier alpha value is -1.65. The van der Waals surface area contributed by atoms with Gasteiger partial charge in [0.15, 0.2) is 0 Å². The predicted molar refractivity (Wildman–Crippen MR) is 68.6 cm³/mol. The van der Waals surface area contributed by atoms with Crippen molar-refractivity contribution in [2.24, 2.45) is 0 Å². The zero-order valence-electron chi connectivity index (χ0n) is 8.95. The number of aromatic nitrogens is 1. The van der Waals surface area contributed by atoms with Gasteiger partial charge in [-0.1, -0.05) is 23.2 Å². The summed E-state index contributed by atoms with van der Waals surface area (Å²) < 4.78 is 13.4. The first-order valence-corrected chi connectivity index (χ1v) is 5.69. The second-order valence-electron chi connectivity index (χ2n) is 3.43. The molecule has 1 aromatic heterocycles. The molecule has 1 aromatic carbocycles. The minimum atomic E-state index is -0.576. The Morgan fingerprint density at radius 1 is 1.28 bits per heavy atom. The van der Waals surface area contributed by atoms with E-state index in [0.29, 0.717) is 5.02 Å². The van der Waals surface area contributed by atoms with Crippen LogP contribution in [-0.2, 0) is 0 Å². The molecule has 0 unspecified atom stereocenters. The summed E-state index contributed by atoms with van der Waals surface area (Å²) in [6.07, 6.45) is 2.76. The highest BCUT2D eigenvalue weighted by Crippen LogP contribution is 2.21. The third kappa shape index (κ3) is 2.78. The highest BCUT2D eigenvalue weighted by Gasteiger charge is 2.12. The lowest BCUT2D eigenvalue weighted by molar-refractivity contribution is 0.102. The first-order chi connectivity index (χ1) is 8.58. The van der Waals surface area contributed by atoms with E-state index in [0.717, 1.165) is 0 Å². The average molecular weight is 285 g/mol. The Kier molecular flexibility index (Phi) is 3.79. The number of hydrogen-bond acceptors (Lipinski definition) is 2. The van der Waals surface area contributed by atoms with E-state index in [4.69, 9.17) is 23.2 Å². The molecular weight excluding hydrogens is 278 g/mol. The van der Waals surface area contributed by atoms with E-state index < -0.39 is 11.7 Å². The number of benzene rings is 1. The molecule has 0 aliphatic carbocycles. The lowest BCUT2D eigenvalue weighted by Crippen LogP contribution is -2.13. The molecule has 2 aromatic rings. The molecule has 0 radical (unpaired) electrons. The Labute approximate surface area is 113 Å². The number of rotatable bonds is 2. The maximum absolute atomic E-state index is 13.4. The standard InChI is InChI=1S/C12H7Cl2FN2O/c13-7-1-2-10(15)11(5-7)17-12(18)8-6-16-4-3-9(8)14/h1-6H,(H,17,18). The Bertz CT molecular complexity index is 604. The van der Waals surface area contributed by atoms with Crippen LogP contribution in [0.2, 0.25) is 10.0 Å². The van der Waals surface area contributed by atoms with Crippen LogP contribution in [0.1, 0.15) is 10.4 Å². The minimum absolute atomic E-state index is 0.00702. The summed E-state index contributed by atoms with van der Waals surface area (Å²) in [5, 5.41) is 2.95. The van der Waals surface area contributed by atoms with Crippen LogP contribution in [0, 0.1) is 5.82 Å². The maximum Gasteiger partial charge on any atom is 0.258 e. The summed E-state index contributed by atoms with van der Waals surface area (Å²) in [4.78, 5) is 15.6. The summed E-state index contributed by atoms with van der Waals surface area (Å²) in [5.74, 6) is -1.12. The second kappa shape index (κ2) is 5.33. The predicted octanol–water partition coefficient (Wildman–Crippen LogP) is 3.78. The number of nitrogens with zero attached hydrogens (tertiary/aromatic N) is 1. The minimum Gasteiger partial charge on any atom is -0.319 e. The molecule has 0 spiro atoms. The first-order valence-electron chi connectivity index (χ1n) is 4.94. The molecule has 1 heterocycles. The van der Waals surface area contributed by atoms with Gasteiger partial charge in [0.05, 0.1) is 16.3 Å². The van der Waals surface area contributed by atoms with Gasteiger partial charge < -0.3 is 5.32 Å². The number of carbonyl (C=O) groups is 1. The van der Waals surface area contributed by atoms with Gasteiger partial charge in [-0.25, -0.2) is 4.39 Å². The number of anilines is 1. The summed E-state index contributed by atoms with van der Waals surface area (Å²) >= 11 is 11.6. The van der Waals surface area contributed by atoms with Crippen LogP contribution in [0.3, 0.4) is 0 Å². The SMILES string of the molecule is O=C(Nc1cc(Cl)ccc1F)c1cnccc1Cl. The van der Waals surface area contributed by atoms with Gasteiger partial charge in [-0.05, 0) is 24.3 Å². The van der Waals surface area contributed by atoms with Crippen LogP contribution in [0.25, 0.3) is 0 Å². The van der Waals surface area contributed by atoms with Gasteiger partial charge >= 0.3 is 0 Å². The lowest BCUT2D eigenvalue weighted by Gasteiger charge is -2.07. The fourth-order valence-electron chi connectivity index (χ4n) is 1.33. The van der Waals surface area contributed by atoms with E-state index in [1.165, 1.54) is 36.7 Å². The van der Waals surface area contributed by atoms with Crippen molar-refractivity contribution >= 4 is 34.8 Å². The number of carbonyl (C=O) groups excluding carboxylic acids is 1. The van der Waals surface area contributed by atoms with Crippen LogP contribution in [0.15, 0.2) is 36.7 Å². The molecule has 92 valence electrons. The topological polar surface area (TPSA) is 42.0 Å². The molecule has 0 atom stereocenters. The Balaban J connectivity index is 2.27. The number of hydrogen-bond donors (Lipinski definition) is 1. The smallest absolute Gasteiger partial charge is 0.258 e. The molecule has 6 heteroatoms. The maximum atomic E-state index is 13.4. The molecular formula is C12H7Cl2FN2O. The molecule has 0 bridgehead atoms. The third-order valence-corrected chi connectivity index (χ3v) is 2.75. The van der Waals surface area contributed by atoms with E-state index in [1.54, 1.807) is 0 Å². The molecule has 1 N–H and O–H groups in total. The summed E-state index contributed by atoms with van der Waals surface area (Å²) in [5.41, 5.74) is 0.158. The van der Waals surface area contributed by atoms with Crippen molar-refractivity contribution in [1.29, 1.82) is 0 Å². The molecule has 1 amide bonds. The highest BCUT2D eigenvalue weighted by atomic mass is 35.5. The average Bonchev–Trinajstić information content (AvgIpc) is 2.34. The monoisotopic (exact) mass is 284 g/mol. The second-order valence-corrected chi connectivity index (χ2v) is 4.28. The van der Waals surface area contributed by atoms with Gasteiger partial charge in [0, 0.05) is 17.4 Å². The van der Waals surface area contributed by atoms with E-state index in [-0.39, 0.29) is 16.3 Å². The van der Waals surface area contributed by atoms with Crippen LogP contribution >= 0.6 is 23.2 Å². The molecule has 0 aliphatic heterocycles. The van der Waals surface area contributed by atoms with E-state index >= 15 is 0 Å².